The highest BCUT2D eigenvalue weighted by Gasteiger charge is 2.07. The predicted molar refractivity (Wildman–Crippen MR) is 75.5 cm³/mol. The summed E-state index contributed by atoms with van der Waals surface area (Å²) < 4.78 is 0. The van der Waals surface area contributed by atoms with Gasteiger partial charge in [-0.2, -0.15) is 5.26 Å². The molecule has 3 rings (SSSR count). The number of nitriles is 1. The van der Waals surface area contributed by atoms with Crippen molar-refractivity contribution >= 4 is 11.3 Å². The van der Waals surface area contributed by atoms with Crippen LogP contribution in [0.15, 0.2) is 54.0 Å². The average molecular weight is 263 g/mol. The molecule has 0 N–H and O–H groups in total. The number of thiazole rings is 1. The molecule has 0 aliphatic heterocycles. The highest BCUT2D eigenvalue weighted by molar-refractivity contribution is 7.13. The Labute approximate surface area is 114 Å². The SMILES string of the molecule is N#Cc1cccc(-c2nc(-c3ccccn3)cs2)c1. The van der Waals surface area contributed by atoms with Crippen LogP contribution >= 0.6 is 11.3 Å². The van der Waals surface area contributed by atoms with Gasteiger partial charge in [-0.3, -0.25) is 4.98 Å². The second-order valence-electron chi connectivity index (χ2n) is 3.95. The van der Waals surface area contributed by atoms with Gasteiger partial charge >= 0.3 is 0 Å². The number of hydrogen-bond donors (Lipinski definition) is 0. The van der Waals surface area contributed by atoms with Crippen LogP contribution in [0.4, 0.5) is 0 Å². The van der Waals surface area contributed by atoms with Gasteiger partial charge in [-0.25, -0.2) is 4.98 Å². The van der Waals surface area contributed by atoms with E-state index in [-0.39, 0.29) is 0 Å². The van der Waals surface area contributed by atoms with Crippen molar-refractivity contribution in [2.75, 3.05) is 0 Å². The van der Waals surface area contributed by atoms with Crippen molar-refractivity contribution in [3.05, 3.63) is 59.6 Å². The summed E-state index contributed by atoms with van der Waals surface area (Å²) in [6.45, 7) is 0. The number of nitrogens with zero attached hydrogens (tertiary/aromatic N) is 3. The summed E-state index contributed by atoms with van der Waals surface area (Å²) in [4.78, 5) is 8.85. The molecular weight excluding hydrogens is 254 g/mol. The first-order valence-corrected chi connectivity index (χ1v) is 6.62. The molecule has 0 fully saturated rings. The van der Waals surface area contributed by atoms with Gasteiger partial charge in [0, 0.05) is 17.1 Å². The van der Waals surface area contributed by atoms with Crippen LogP contribution in [-0.2, 0) is 0 Å². The fourth-order valence-corrected chi connectivity index (χ4v) is 2.57. The molecule has 90 valence electrons. The highest BCUT2D eigenvalue weighted by Crippen LogP contribution is 2.28. The molecule has 19 heavy (non-hydrogen) atoms. The third-order valence-corrected chi connectivity index (χ3v) is 3.56. The third-order valence-electron chi connectivity index (χ3n) is 2.67. The number of benzene rings is 1. The second-order valence-corrected chi connectivity index (χ2v) is 4.80. The summed E-state index contributed by atoms with van der Waals surface area (Å²) in [5.41, 5.74) is 3.34. The zero-order valence-electron chi connectivity index (χ0n) is 9.95. The van der Waals surface area contributed by atoms with Crippen LogP contribution < -0.4 is 0 Å². The molecule has 0 saturated heterocycles. The van der Waals surface area contributed by atoms with Crippen LogP contribution in [-0.4, -0.2) is 9.97 Å². The zero-order valence-corrected chi connectivity index (χ0v) is 10.8. The predicted octanol–water partition coefficient (Wildman–Crippen LogP) is 3.74. The minimum Gasteiger partial charge on any atom is -0.255 e. The van der Waals surface area contributed by atoms with E-state index in [1.807, 2.05) is 41.8 Å². The largest absolute Gasteiger partial charge is 0.255 e. The first-order chi connectivity index (χ1) is 9.36. The molecule has 4 heteroatoms. The lowest BCUT2D eigenvalue weighted by Crippen LogP contribution is -1.83. The zero-order chi connectivity index (χ0) is 13.1. The van der Waals surface area contributed by atoms with E-state index in [4.69, 9.17) is 5.26 Å². The number of aromatic nitrogens is 2. The fraction of sp³-hybridized carbons (Fsp3) is 0. The van der Waals surface area contributed by atoms with Gasteiger partial charge in [0.05, 0.1) is 17.3 Å². The second kappa shape index (κ2) is 5.01. The Kier molecular flexibility index (Phi) is 3.05. The van der Waals surface area contributed by atoms with Gasteiger partial charge < -0.3 is 0 Å². The minimum absolute atomic E-state index is 0.645. The molecule has 0 amide bonds. The van der Waals surface area contributed by atoms with E-state index in [0.717, 1.165) is 22.0 Å². The van der Waals surface area contributed by atoms with E-state index >= 15 is 0 Å². The quantitative estimate of drug-likeness (QED) is 0.707. The Bertz CT molecular complexity index is 741. The molecular formula is C15H9N3S. The van der Waals surface area contributed by atoms with Crippen molar-refractivity contribution in [1.29, 1.82) is 5.26 Å². The minimum atomic E-state index is 0.645. The van der Waals surface area contributed by atoms with Crippen molar-refractivity contribution in [2.24, 2.45) is 0 Å². The number of pyridine rings is 1. The van der Waals surface area contributed by atoms with Gasteiger partial charge in [0.25, 0.3) is 0 Å². The van der Waals surface area contributed by atoms with E-state index in [2.05, 4.69) is 16.0 Å². The Balaban J connectivity index is 2.00. The maximum atomic E-state index is 8.92. The van der Waals surface area contributed by atoms with Crippen molar-refractivity contribution in [1.82, 2.24) is 9.97 Å². The van der Waals surface area contributed by atoms with Gasteiger partial charge in [-0.05, 0) is 24.3 Å². The molecule has 2 aromatic heterocycles. The third kappa shape index (κ3) is 2.37. The Morgan fingerprint density at radius 3 is 2.79 bits per heavy atom. The van der Waals surface area contributed by atoms with E-state index in [0.29, 0.717) is 5.56 Å². The molecule has 0 unspecified atom stereocenters. The van der Waals surface area contributed by atoms with Crippen LogP contribution in [0.3, 0.4) is 0 Å². The lowest BCUT2D eigenvalue weighted by atomic mass is 10.1. The topological polar surface area (TPSA) is 49.6 Å². The molecule has 0 saturated carbocycles. The standard InChI is InChI=1S/C15H9N3S/c16-9-11-4-3-5-12(8-11)15-18-14(10-19-15)13-6-1-2-7-17-13/h1-8,10H. The fourth-order valence-electron chi connectivity index (χ4n) is 1.76. The van der Waals surface area contributed by atoms with Crippen LogP contribution in [0.5, 0.6) is 0 Å². The van der Waals surface area contributed by atoms with Crippen LogP contribution in [0.1, 0.15) is 5.56 Å². The molecule has 0 spiro atoms. The summed E-state index contributed by atoms with van der Waals surface area (Å²) in [6.07, 6.45) is 1.75. The van der Waals surface area contributed by atoms with Gasteiger partial charge in [0.1, 0.15) is 10.7 Å². The van der Waals surface area contributed by atoms with Gasteiger partial charge in [-0.1, -0.05) is 18.2 Å². The van der Waals surface area contributed by atoms with Crippen molar-refractivity contribution < 1.29 is 0 Å². The summed E-state index contributed by atoms with van der Waals surface area (Å²) in [6, 6.07) is 15.4. The lowest BCUT2D eigenvalue weighted by molar-refractivity contribution is 1.28. The molecule has 3 aromatic rings. The molecule has 0 bridgehead atoms. The van der Waals surface area contributed by atoms with E-state index in [1.165, 1.54) is 0 Å². The van der Waals surface area contributed by atoms with Crippen molar-refractivity contribution in [3.63, 3.8) is 0 Å². The lowest BCUT2D eigenvalue weighted by Gasteiger charge is -1.96. The number of hydrogen-bond acceptors (Lipinski definition) is 4. The van der Waals surface area contributed by atoms with Crippen LogP contribution in [0.25, 0.3) is 22.0 Å². The molecule has 1 aromatic carbocycles. The normalized spacial score (nSPS) is 10.1. The maximum absolute atomic E-state index is 8.92. The smallest absolute Gasteiger partial charge is 0.124 e. The molecule has 2 heterocycles. The summed E-state index contributed by atoms with van der Waals surface area (Å²) in [5.74, 6) is 0. The Hall–Kier alpha value is -2.51. The van der Waals surface area contributed by atoms with E-state index < -0.39 is 0 Å². The molecule has 0 aliphatic carbocycles. The Morgan fingerprint density at radius 2 is 2.00 bits per heavy atom. The van der Waals surface area contributed by atoms with E-state index in [1.54, 1.807) is 23.6 Å². The molecule has 3 nitrogen and oxygen atoms in total. The van der Waals surface area contributed by atoms with Crippen LogP contribution in [0, 0.1) is 11.3 Å². The summed E-state index contributed by atoms with van der Waals surface area (Å²) in [5, 5.41) is 11.8. The van der Waals surface area contributed by atoms with Crippen LogP contribution in [0.2, 0.25) is 0 Å². The van der Waals surface area contributed by atoms with Gasteiger partial charge in [0.15, 0.2) is 0 Å². The number of rotatable bonds is 2. The first kappa shape index (κ1) is 11.6. The van der Waals surface area contributed by atoms with Crippen molar-refractivity contribution in [2.45, 2.75) is 0 Å². The summed E-state index contributed by atoms with van der Waals surface area (Å²) >= 11 is 1.56. The summed E-state index contributed by atoms with van der Waals surface area (Å²) in [7, 11) is 0. The van der Waals surface area contributed by atoms with Gasteiger partial charge in [-0.15, -0.1) is 11.3 Å². The van der Waals surface area contributed by atoms with E-state index in [9.17, 15) is 0 Å². The molecule has 0 aliphatic rings. The van der Waals surface area contributed by atoms with Gasteiger partial charge in [0.2, 0.25) is 0 Å². The monoisotopic (exact) mass is 263 g/mol. The Morgan fingerprint density at radius 1 is 1.05 bits per heavy atom. The first-order valence-electron chi connectivity index (χ1n) is 5.74. The molecule has 0 radical (unpaired) electrons. The van der Waals surface area contributed by atoms with Crippen molar-refractivity contribution in [3.8, 4) is 28.0 Å². The molecule has 0 atom stereocenters. The average Bonchev–Trinajstić information content (AvgIpc) is 2.98. The highest BCUT2D eigenvalue weighted by atomic mass is 32.1. The maximum Gasteiger partial charge on any atom is 0.124 e.